The normalized spacial score (nSPS) is 23.2. The molecule has 1 aromatic rings. The van der Waals surface area contributed by atoms with Crippen LogP contribution in [0.3, 0.4) is 0 Å². The molecule has 2 atom stereocenters. The lowest BCUT2D eigenvalue weighted by atomic mass is 9.92. The van der Waals surface area contributed by atoms with Gasteiger partial charge in [0.05, 0.1) is 10.7 Å². The zero-order valence-corrected chi connectivity index (χ0v) is 17.2. The fourth-order valence-corrected chi connectivity index (χ4v) is 4.64. The van der Waals surface area contributed by atoms with Crippen LogP contribution in [0.2, 0.25) is 0 Å². The van der Waals surface area contributed by atoms with E-state index in [1.807, 2.05) is 6.92 Å². The Morgan fingerprint density at radius 1 is 1.25 bits per heavy atom. The molecule has 24 heavy (non-hydrogen) atoms. The Morgan fingerprint density at radius 2 is 1.83 bits per heavy atom. The molecule has 0 aliphatic carbocycles. The Morgan fingerprint density at radius 3 is 2.38 bits per heavy atom. The van der Waals surface area contributed by atoms with Crippen molar-refractivity contribution in [3.8, 4) is 0 Å². The van der Waals surface area contributed by atoms with E-state index in [-0.39, 0.29) is 30.7 Å². The van der Waals surface area contributed by atoms with Gasteiger partial charge in [0.15, 0.2) is 0 Å². The minimum absolute atomic E-state index is 0. The van der Waals surface area contributed by atoms with E-state index in [9.17, 15) is 4.79 Å². The van der Waals surface area contributed by atoms with Crippen molar-refractivity contribution in [2.24, 2.45) is 17.8 Å². The van der Waals surface area contributed by atoms with Crippen molar-refractivity contribution < 1.29 is 4.79 Å². The molecule has 0 spiro atoms. The third kappa shape index (κ3) is 4.84. The zero-order valence-electron chi connectivity index (χ0n) is 14.7. The maximum absolute atomic E-state index is 13.0. The molecule has 0 radical (unpaired) electrons. The van der Waals surface area contributed by atoms with Gasteiger partial charge in [0, 0.05) is 13.1 Å². The molecule has 0 aromatic carbocycles. The minimum atomic E-state index is 0. The molecular weight excluding hydrogens is 365 g/mol. The predicted octanol–water partition coefficient (Wildman–Crippen LogP) is 3.57. The summed E-state index contributed by atoms with van der Waals surface area (Å²) in [5, 5.41) is 4.50. The van der Waals surface area contributed by atoms with E-state index >= 15 is 0 Å². The van der Waals surface area contributed by atoms with E-state index < -0.39 is 0 Å². The van der Waals surface area contributed by atoms with Gasteiger partial charge in [-0.05, 0) is 57.0 Å². The van der Waals surface area contributed by atoms with Gasteiger partial charge in [-0.2, -0.15) is 0 Å². The first kappa shape index (κ1) is 21.7. The number of thiazole rings is 1. The molecule has 7 heteroatoms. The number of fused-ring (bicyclic) bond motifs is 1. The number of halogens is 2. The van der Waals surface area contributed by atoms with Crippen molar-refractivity contribution in [3.05, 3.63) is 15.6 Å². The van der Waals surface area contributed by atoms with E-state index in [4.69, 9.17) is 0 Å². The average Bonchev–Trinajstić information content (AvgIpc) is 2.99. The van der Waals surface area contributed by atoms with E-state index in [0.29, 0.717) is 5.92 Å². The van der Waals surface area contributed by atoms with Crippen molar-refractivity contribution >= 4 is 42.1 Å². The predicted molar refractivity (Wildman–Crippen MR) is 105 cm³/mol. The number of hydrogen-bond acceptors (Lipinski definition) is 4. The van der Waals surface area contributed by atoms with E-state index in [0.717, 1.165) is 72.9 Å². The standard InChI is InChI=1S/C17H27N3OS.2ClH/c1-11(2)8-15-16(22-12(3)19-15)17(21)20-6-4-13-9-18-10-14(13)5-7-20;;/h11,13-14,18H,4-10H2,1-3H3;2*1H/t13-,14+;;. The van der Waals surface area contributed by atoms with Gasteiger partial charge < -0.3 is 10.2 Å². The molecule has 3 rings (SSSR count). The van der Waals surface area contributed by atoms with Crippen LogP contribution < -0.4 is 5.32 Å². The molecule has 3 heterocycles. The lowest BCUT2D eigenvalue weighted by Gasteiger charge is -2.20. The SMILES string of the molecule is Cc1nc(CC(C)C)c(C(=O)N2CC[C@@H]3CNC[C@@H]3CC2)s1.Cl.Cl. The summed E-state index contributed by atoms with van der Waals surface area (Å²) in [5.41, 5.74) is 1.01. The summed E-state index contributed by atoms with van der Waals surface area (Å²) < 4.78 is 0. The first-order valence-corrected chi connectivity index (χ1v) is 9.32. The third-order valence-electron chi connectivity index (χ3n) is 4.91. The maximum Gasteiger partial charge on any atom is 0.265 e. The van der Waals surface area contributed by atoms with Crippen LogP contribution in [-0.2, 0) is 6.42 Å². The van der Waals surface area contributed by atoms with Crippen LogP contribution in [0.5, 0.6) is 0 Å². The Labute approximate surface area is 161 Å². The molecule has 2 aliphatic heterocycles. The van der Waals surface area contributed by atoms with Crippen molar-refractivity contribution in [2.75, 3.05) is 26.2 Å². The number of nitrogens with one attached hydrogen (secondary N) is 1. The van der Waals surface area contributed by atoms with Crippen LogP contribution in [0.4, 0.5) is 0 Å². The van der Waals surface area contributed by atoms with Gasteiger partial charge in [-0.25, -0.2) is 4.98 Å². The highest BCUT2D eigenvalue weighted by atomic mass is 35.5. The number of aryl methyl sites for hydroxylation is 1. The number of nitrogens with zero attached hydrogens (tertiary/aromatic N) is 2. The molecular formula is C17H29Cl2N3OS. The Hall–Kier alpha value is -0.360. The summed E-state index contributed by atoms with van der Waals surface area (Å²) in [5.74, 6) is 2.27. The van der Waals surface area contributed by atoms with Crippen LogP contribution >= 0.6 is 36.2 Å². The third-order valence-corrected chi connectivity index (χ3v) is 5.91. The van der Waals surface area contributed by atoms with Gasteiger partial charge in [-0.1, -0.05) is 13.8 Å². The van der Waals surface area contributed by atoms with Crippen LogP contribution in [0.1, 0.15) is 47.1 Å². The fourth-order valence-electron chi connectivity index (χ4n) is 3.73. The molecule has 138 valence electrons. The van der Waals surface area contributed by atoms with E-state index in [1.165, 1.54) is 0 Å². The first-order chi connectivity index (χ1) is 10.5. The largest absolute Gasteiger partial charge is 0.338 e. The molecule has 1 N–H and O–H groups in total. The summed E-state index contributed by atoms with van der Waals surface area (Å²) in [6.07, 6.45) is 3.18. The Balaban J connectivity index is 0.00000144. The number of aromatic nitrogens is 1. The number of carbonyl (C=O) groups is 1. The molecule has 1 aromatic heterocycles. The van der Waals surface area contributed by atoms with Gasteiger partial charge in [-0.3, -0.25) is 4.79 Å². The first-order valence-electron chi connectivity index (χ1n) is 8.51. The van der Waals surface area contributed by atoms with Gasteiger partial charge >= 0.3 is 0 Å². The van der Waals surface area contributed by atoms with Crippen LogP contribution in [0, 0.1) is 24.7 Å². The lowest BCUT2D eigenvalue weighted by Crippen LogP contribution is -2.33. The second-order valence-electron chi connectivity index (χ2n) is 7.15. The Kier molecular flexibility index (Phi) is 8.46. The second-order valence-corrected chi connectivity index (χ2v) is 8.36. The molecule has 0 unspecified atom stereocenters. The summed E-state index contributed by atoms with van der Waals surface area (Å²) >= 11 is 1.57. The zero-order chi connectivity index (χ0) is 15.7. The quantitative estimate of drug-likeness (QED) is 0.853. The van der Waals surface area contributed by atoms with Crippen LogP contribution in [0.25, 0.3) is 0 Å². The highest BCUT2D eigenvalue weighted by Gasteiger charge is 2.32. The summed E-state index contributed by atoms with van der Waals surface area (Å²) in [7, 11) is 0. The highest BCUT2D eigenvalue weighted by molar-refractivity contribution is 7.13. The number of hydrogen-bond donors (Lipinski definition) is 1. The number of likely N-dealkylation sites (tertiary alicyclic amines) is 1. The Bertz CT molecular complexity index is 536. The minimum Gasteiger partial charge on any atom is -0.338 e. The molecule has 2 saturated heterocycles. The van der Waals surface area contributed by atoms with E-state index in [2.05, 4.69) is 29.0 Å². The molecule has 0 saturated carbocycles. The topological polar surface area (TPSA) is 45.2 Å². The number of amides is 1. The van der Waals surface area contributed by atoms with Crippen LogP contribution in [0.15, 0.2) is 0 Å². The molecule has 4 nitrogen and oxygen atoms in total. The monoisotopic (exact) mass is 393 g/mol. The highest BCUT2D eigenvalue weighted by Crippen LogP contribution is 2.29. The number of rotatable bonds is 3. The van der Waals surface area contributed by atoms with Gasteiger partial charge in [0.2, 0.25) is 0 Å². The summed E-state index contributed by atoms with van der Waals surface area (Å²) in [6.45, 7) is 10.4. The van der Waals surface area contributed by atoms with Crippen molar-refractivity contribution in [1.82, 2.24) is 15.2 Å². The molecule has 0 bridgehead atoms. The average molecular weight is 394 g/mol. The molecule has 2 fully saturated rings. The van der Waals surface area contributed by atoms with Gasteiger partial charge in [-0.15, -0.1) is 36.2 Å². The summed E-state index contributed by atoms with van der Waals surface area (Å²) in [4.78, 5) is 20.5. The van der Waals surface area contributed by atoms with Crippen molar-refractivity contribution in [2.45, 2.75) is 40.0 Å². The number of carbonyl (C=O) groups excluding carboxylic acids is 1. The molecule has 1 amide bonds. The smallest absolute Gasteiger partial charge is 0.265 e. The van der Waals surface area contributed by atoms with Crippen molar-refractivity contribution in [1.29, 1.82) is 0 Å². The fraction of sp³-hybridized carbons (Fsp3) is 0.765. The van der Waals surface area contributed by atoms with Gasteiger partial charge in [0.25, 0.3) is 5.91 Å². The molecule has 2 aliphatic rings. The van der Waals surface area contributed by atoms with Gasteiger partial charge in [0.1, 0.15) is 4.88 Å². The maximum atomic E-state index is 13.0. The summed E-state index contributed by atoms with van der Waals surface area (Å²) in [6, 6.07) is 0. The lowest BCUT2D eigenvalue weighted by molar-refractivity contribution is 0.0762. The second kappa shape index (κ2) is 9.37. The van der Waals surface area contributed by atoms with Crippen LogP contribution in [-0.4, -0.2) is 42.0 Å². The van der Waals surface area contributed by atoms with E-state index in [1.54, 1.807) is 11.3 Å². The van der Waals surface area contributed by atoms with Crippen molar-refractivity contribution in [3.63, 3.8) is 0 Å².